The Morgan fingerprint density at radius 3 is 3.00 bits per heavy atom. The van der Waals surface area contributed by atoms with Crippen LogP contribution in [0.2, 0.25) is 0 Å². The fourth-order valence-corrected chi connectivity index (χ4v) is 2.11. The number of fused-ring (bicyclic) bond motifs is 1. The zero-order chi connectivity index (χ0) is 10.1. The Balaban J connectivity index is 2.39. The third kappa shape index (κ3) is 1.42. The van der Waals surface area contributed by atoms with Gasteiger partial charge in [-0.05, 0) is 11.6 Å². The second-order valence-corrected chi connectivity index (χ2v) is 3.94. The molecule has 1 aromatic carbocycles. The van der Waals surface area contributed by atoms with Gasteiger partial charge in [0.05, 0.1) is 5.75 Å². The molecule has 0 aliphatic carbocycles. The van der Waals surface area contributed by atoms with Crippen molar-refractivity contribution in [1.82, 2.24) is 0 Å². The molecule has 3 heteroatoms. The lowest BCUT2D eigenvalue weighted by Crippen LogP contribution is -2.30. The SMILES string of the molecule is CC1CN(C(=O)CS)c2ccccc21. The van der Waals surface area contributed by atoms with Crippen molar-refractivity contribution in [2.75, 3.05) is 17.2 Å². The standard InChI is InChI=1S/C11H13NOS/c1-8-6-12(11(13)7-14)10-5-3-2-4-9(8)10/h2-5,8,14H,6-7H2,1H3. The molecule has 0 saturated heterocycles. The molecule has 2 nitrogen and oxygen atoms in total. The number of para-hydroxylation sites is 1. The molecule has 1 aliphatic heterocycles. The zero-order valence-corrected chi connectivity index (χ0v) is 9.00. The molecule has 14 heavy (non-hydrogen) atoms. The van der Waals surface area contributed by atoms with Gasteiger partial charge in [0, 0.05) is 18.2 Å². The smallest absolute Gasteiger partial charge is 0.236 e. The van der Waals surface area contributed by atoms with Gasteiger partial charge in [-0.1, -0.05) is 25.1 Å². The fraction of sp³-hybridized carbons (Fsp3) is 0.364. The summed E-state index contributed by atoms with van der Waals surface area (Å²) in [6.07, 6.45) is 0. The van der Waals surface area contributed by atoms with Crippen LogP contribution in [0.25, 0.3) is 0 Å². The zero-order valence-electron chi connectivity index (χ0n) is 8.10. The van der Waals surface area contributed by atoms with E-state index in [0.717, 1.165) is 12.2 Å². The van der Waals surface area contributed by atoms with Crippen LogP contribution in [0.15, 0.2) is 24.3 Å². The largest absolute Gasteiger partial charge is 0.311 e. The van der Waals surface area contributed by atoms with Gasteiger partial charge < -0.3 is 4.90 Å². The first kappa shape index (κ1) is 9.59. The van der Waals surface area contributed by atoms with Crippen molar-refractivity contribution in [1.29, 1.82) is 0 Å². The molecular weight excluding hydrogens is 194 g/mol. The molecule has 2 rings (SSSR count). The van der Waals surface area contributed by atoms with Gasteiger partial charge in [0.25, 0.3) is 0 Å². The number of rotatable bonds is 1. The van der Waals surface area contributed by atoms with Crippen LogP contribution in [0.3, 0.4) is 0 Å². The molecule has 1 atom stereocenters. The van der Waals surface area contributed by atoms with E-state index in [1.165, 1.54) is 5.56 Å². The summed E-state index contributed by atoms with van der Waals surface area (Å²) in [6, 6.07) is 8.08. The van der Waals surface area contributed by atoms with Crippen molar-refractivity contribution >= 4 is 24.2 Å². The average molecular weight is 207 g/mol. The van der Waals surface area contributed by atoms with E-state index >= 15 is 0 Å². The summed E-state index contributed by atoms with van der Waals surface area (Å²) in [7, 11) is 0. The maximum atomic E-state index is 11.6. The lowest BCUT2D eigenvalue weighted by Gasteiger charge is -2.15. The maximum absolute atomic E-state index is 11.6. The molecule has 0 fully saturated rings. The predicted molar refractivity (Wildman–Crippen MR) is 61.1 cm³/mol. The molecule has 0 aromatic heterocycles. The lowest BCUT2D eigenvalue weighted by molar-refractivity contribution is -0.116. The van der Waals surface area contributed by atoms with Gasteiger partial charge in [-0.15, -0.1) is 0 Å². The first-order chi connectivity index (χ1) is 6.74. The summed E-state index contributed by atoms with van der Waals surface area (Å²) in [6.45, 7) is 2.93. The molecule has 0 radical (unpaired) electrons. The van der Waals surface area contributed by atoms with E-state index in [4.69, 9.17) is 0 Å². The number of hydrogen-bond acceptors (Lipinski definition) is 2. The number of hydrogen-bond donors (Lipinski definition) is 1. The second-order valence-electron chi connectivity index (χ2n) is 3.62. The predicted octanol–water partition coefficient (Wildman–Crippen LogP) is 2.07. The topological polar surface area (TPSA) is 20.3 Å². The van der Waals surface area contributed by atoms with E-state index in [1.807, 2.05) is 23.1 Å². The van der Waals surface area contributed by atoms with E-state index in [1.54, 1.807) is 0 Å². The highest BCUT2D eigenvalue weighted by molar-refractivity contribution is 7.81. The fourth-order valence-electron chi connectivity index (χ4n) is 1.94. The Hall–Kier alpha value is -0.960. The number of anilines is 1. The molecular formula is C11H13NOS. The summed E-state index contributed by atoms with van der Waals surface area (Å²) < 4.78 is 0. The van der Waals surface area contributed by atoms with Crippen LogP contribution in [0, 0.1) is 0 Å². The molecule has 1 heterocycles. The second kappa shape index (κ2) is 3.65. The third-order valence-electron chi connectivity index (χ3n) is 2.65. The number of thiol groups is 1. The van der Waals surface area contributed by atoms with Gasteiger partial charge in [-0.2, -0.15) is 12.6 Å². The normalized spacial score (nSPS) is 19.6. The van der Waals surface area contributed by atoms with Crippen LogP contribution in [-0.4, -0.2) is 18.2 Å². The summed E-state index contributed by atoms with van der Waals surface area (Å²) in [5, 5.41) is 0. The summed E-state index contributed by atoms with van der Waals surface area (Å²) in [5.41, 5.74) is 2.32. The molecule has 1 aliphatic rings. The first-order valence-corrected chi connectivity index (χ1v) is 5.37. The average Bonchev–Trinajstić information content (AvgIpc) is 2.56. The maximum Gasteiger partial charge on any atom is 0.236 e. The Bertz CT molecular complexity index is 364. The minimum Gasteiger partial charge on any atom is -0.311 e. The van der Waals surface area contributed by atoms with Crippen LogP contribution >= 0.6 is 12.6 Å². The van der Waals surface area contributed by atoms with Crippen LogP contribution in [-0.2, 0) is 4.79 Å². The molecule has 1 aromatic rings. The summed E-state index contributed by atoms with van der Waals surface area (Å²) in [5.74, 6) is 0.807. The Morgan fingerprint density at radius 1 is 1.57 bits per heavy atom. The van der Waals surface area contributed by atoms with Gasteiger partial charge in [0.15, 0.2) is 0 Å². The van der Waals surface area contributed by atoms with Gasteiger partial charge in [0.1, 0.15) is 0 Å². The van der Waals surface area contributed by atoms with E-state index in [0.29, 0.717) is 5.92 Å². The molecule has 74 valence electrons. The summed E-state index contributed by atoms with van der Waals surface area (Å²) >= 11 is 4.02. The van der Waals surface area contributed by atoms with E-state index < -0.39 is 0 Å². The highest BCUT2D eigenvalue weighted by atomic mass is 32.1. The van der Waals surface area contributed by atoms with Gasteiger partial charge in [0.2, 0.25) is 5.91 Å². The number of nitrogens with zero attached hydrogens (tertiary/aromatic N) is 1. The molecule has 1 unspecified atom stereocenters. The van der Waals surface area contributed by atoms with Crippen molar-refractivity contribution in [3.05, 3.63) is 29.8 Å². The van der Waals surface area contributed by atoms with Crippen molar-refractivity contribution in [2.24, 2.45) is 0 Å². The van der Waals surface area contributed by atoms with Gasteiger partial charge >= 0.3 is 0 Å². The molecule has 0 N–H and O–H groups in total. The Morgan fingerprint density at radius 2 is 2.29 bits per heavy atom. The minimum atomic E-state index is 0.0881. The number of benzene rings is 1. The van der Waals surface area contributed by atoms with Crippen LogP contribution in [0.4, 0.5) is 5.69 Å². The highest BCUT2D eigenvalue weighted by Crippen LogP contribution is 2.35. The first-order valence-electron chi connectivity index (χ1n) is 4.74. The van der Waals surface area contributed by atoms with Gasteiger partial charge in [-0.3, -0.25) is 4.79 Å². The van der Waals surface area contributed by atoms with Crippen molar-refractivity contribution < 1.29 is 4.79 Å². The molecule has 1 amide bonds. The van der Waals surface area contributed by atoms with E-state index in [2.05, 4.69) is 25.6 Å². The third-order valence-corrected chi connectivity index (χ3v) is 2.92. The van der Waals surface area contributed by atoms with E-state index in [9.17, 15) is 4.79 Å². The summed E-state index contributed by atoms with van der Waals surface area (Å²) in [4.78, 5) is 13.4. The Labute approximate surface area is 89.3 Å². The van der Waals surface area contributed by atoms with Crippen LogP contribution in [0.1, 0.15) is 18.4 Å². The van der Waals surface area contributed by atoms with Crippen LogP contribution in [0.5, 0.6) is 0 Å². The minimum absolute atomic E-state index is 0.0881. The van der Waals surface area contributed by atoms with Gasteiger partial charge in [-0.25, -0.2) is 0 Å². The molecule has 0 saturated carbocycles. The molecule has 0 spiro atoms. The van der Waals surface area contributed by atoms with Crippen molar-refractivity contribution in [3.63, 3.8) is 0 Å². The number of carbonyl (C=O) groups is 1. The quantitative estimate of drug-likeness (QED) is 0.699. The van der Waals surface area contributed by atoms with Crippen molar-refractivity contribution in [2.45, 2.75) is 12.8 Å². The molecule has 0 bridgehead atoms. The highest BCUT2D eigenvalue weighted by Gasteiger charge is 2.28. The van der Waals surface area contributed by atoms with Crippen molar-refractivity contribution in [3.8, 4) is 0 Å². The Kier molecular flexibility index (Phi) is 2.50. The number of carbonyl (C=O) groups excluding carboxylic acids is 1. The number of amides is 1. The van der Waals surface area contributed by atoms with E-state index in [-0.39, 0.29) is 11.7 Å². The van der Waals surface area contributed by atoms with Crippen LogP contribution < -0.4 is 4.90 Å². The monoisotopic (exact) mass is 207 g/mol. The lowest BCUT2D eigenvalue weighted by atomic mass is 10.0.